The minimum absolute atomic E-state index is 0.273. The molecule has 594 valence electrons. The van der Waals surface area contributed by atoms with Crippen LogP contribution < -0.4 is 16.0 Å². The average Bonchev–Trinajstić information content (AvgIpc) is 1.74. The molecule has 12 aromatic rings. The molecule has 0 radical (unpaired) electrons. The molecule has 6 aromatic carbocycles. The third-order valence-electron chi connectivity index (χ3n) is 20.7. The van der Waals surface area contributed by atoms with Crippen molar-refractivity contribution >= 4 is 137 Å². The molecule has 23 nitrogen and oxygen atoms in total. The predicted octanol–water partition coefficient (Wildman–Crippen LogP) is 18.6. The molecule has 3 N–H and O–H groups in total. The van der Waals surface area contributed by atoms with E-state index in [2.05, 4.69) is 30.9 Å². The highest BCUT2D eigenvalue weighted by Crippen LogP contribution is 2.37. The number of benzene rings is 6. The van der Waals surface area contributed by atoms with E-state index in [1.807, 2.05) is 115 Å². The number of hydrogen-bond acceptors (Lipinski definition) is 19. The quantitative estimate of drug-likeness (QED) is 0.0757. The number of sulfonamides is 3. The van der Waals surface area contributed by atoms with Crippen LogP contribution >= 0.6 is 34.0 Å². The first-order valence-electron chi connectivity index (χ1n) is 37.7. The van der Waals surface area contributed by atoms with Crippen LogP contribution in [0.4, 0.5) is 15.4 Å². The van der Waals surface area contributed by atoms with Crippen molar-refractivity contribution in [3.63, 3.8) is 0 Å². The largest absolute Gasteiger partial charge is 0.451 e. The molecule has 0 atom stereocenters. The Bertz CT molecular complexity index is 5260. The lowest BCUT2D eigenvalue weighted by molar-refractivity contribution is -0.115. The van der Waals surface area contributed by atoms with Gasteiger partial charge in [0.05, 0.1) is 31.8 Å². The summed E-state index contributed by atoms with van der Waals surface area (Å²) in [7, 11) is -7.12. The van der Waals surface area contributed by atoms with Gasteiger partial charge in [0.2, 0.25) is 36.5 Å². The van der Waals surface area contributed by atoms with Gasteiger partial charge in [-0.2, -0.15) is 12.9 Å². The van der Waals surface area contributed by atoms with Gasteiger partial charge in [-0.1, -0.05) is 74.9 Å². The molecule has 0 aliphatic carbocycles. The maximum atomic E-state index is 13.0. The van der Waals surface area contributed by atoms with Gasteiger partial charge in [-0.15, -0.1) is 34.0 Å². The lowest BCUT2D eigenvalue weighted by atomic mass is 10.1. The van der Waals surface area contributed by atoms with Crippen molar-refractivity contribution in [3.05, 3.63) is 193 Å². The Balaban J connectivity index is 0.000000152. The molecule has 3 saturated heterocycles. The second-order valence-electron chi connectivity index (χ2n) is 29.0. The molecular formula is C84H94N10O13S6. The summed E-state index contributed by atoms with van der Waals surface area (Å²) < 4.78 is 101. The summed E-state index contributed by atoms with van der Waals surface area (Å²) in [6.07, 6.45) is 12.6. The van der Waals surface area contributed by atoms with Gasteiger partial charge in [0, 0.05) is 119 Å². The molecular weight excluding hydrogens is 1550 g/mol. The number of hydrogen-bond donors (Lipinski definition) is 3. The molecule has 3 aliphatic heterocycles. The maximum Gasteiger partial charge on any atom is 0.293 e. The molecule has 0 saturated carbocycles. The van der Waals surface area contributed by atoms with E-state index in [4.69, 9.17) is 13.3 Å². The van der Waals surface area contributed by atoms with Crippen molar-refractivity contribution < 1.29 is 57.7 Å². The van der Waals surface area contributed by atoms with E-state index in [-0.39, 0.29) is 35.0 Å². The summed E-state index contributed by atoms with van der Waals surface area (Å²) >= 11 is 3.93. The first-order valence-corrected chi connectivity index (χ1v) is 44.7. The van der Waals surface area contributed by atoms with Crippen LogP contribution in [0.1, 0.15) is 159 Å². The summed E-state index contributed by atoms with van der Waals surface area (Å²) in [5.41, 5.74) is 15.6. The SMILES string of the molecule is CN(C)C=O.Cc1cc2oc(C(=O)Nc3nc(-c4ccc(S(=O)(=O)N5CCCCCC5)cc4)cs3)c(C)c2cc1C.Cc1cc2oc(C(=O)Nc3nc(-c4ccc(S(=O)(=O)N5CCCCCC5)cc4)cs3)c(C)c2cc1C.Cc1cc2oc(C(=O)Nc3nc(-c4ccc(S(=O)(=O)N5CCCCCC5)cc4)cs3)c(C)c2cc1C. The number of fused-ring (bicyclic) bond motifs is 3. The van der Waals surface area contributed by atoms with Crippen LogP contribution in [0, 0.1) is 62.3 Å². The number of nitrogens with zero attached hydrogens (tertiary/aromatic N) is 7. The maximum absolute atomic E-state index is 13.0. The van der Waals surface area contributed by atoms with Crippen LogP contribution in [0.3, 0.4) is 0 Å². The Hall–Kier alpha value is -9.56. The summed E-state index contributed by atoms with van der Waals surface area (Å²) in [4.78, 5) is 64.2. The van der Waals surface area contributed by atoms with E-state index in [0.717, 1.165) is 166 Å². The van der Waals surface area contributed by atoms with Gasteiger partial charge in [-0.05, 0) is 207 Å². The number of aromatic nitrogens is 3. The molecule has 9 heterocycles. The minimum Gasteiger partial charge on any atom is -0.451 e. The average molecular weight is 1640 g/mol. The van der Waals surface area contributed by atoms with Crippen molar-refractivity contribution in [1.29, 1.82) is 0 Å². The van der Waals surface area contributed by atoms with E-state index < -0.39 is 30.1 Å². The molecule has 0 spiro atoms. The fraction of sp³-hybridized carbons (Fsp3) is 0.345. The molecule has 15 rings (SSSR count). The number of carbonyl (C=O) groups is 4. The van der Waals surface area contributed by atoms with Gasteiger partial charge < -0.3 is 18.2 Å². The first kappa shape index (κ1) is 82.9. The number of amides is 4. The van der Waals surface area contributed by atoms with Gasteiger partial charge in [0.15, 0.2) is 32.7 Å². The molecule has 3 aliphatic rings. The smallest absolute Gasteiger partial charge is 0.293 e. The van der Waals surface area contributed by atoms with Crippen molar-refractivity contribution in [3.8, 4) is 33.8 Å². The monoisotopic (exact) mass is 1640 g/mol. The topological polar surface area (TPSA) is 298 Å². The Morgan fingerprint density at radius 3 is 0.814 bits per heavy atom. The Labute approximate surface area is 672 Å². The van der Waals surface area contributed by atoms with Crippen LogP contribution in [0.25, 0.3) is 66.7 Å². The van der Waals surface area contributed by atoms with Crippen LogP contribution in [0.5, 0.6) is 0 Å². The van der Waals surface area contributed by atoms with E-state index in [9.17, 15) is 44.4 Å². The number of carbonyl (C=O) groups excluding carboxylic acids is 4. The van der Waals surface area contributed by atoms with E-state index in [0.29, 0.717) is 103 Å². The number of rotatable bonds is 16. The van der Waals surface area contributed by atoms with E-state index in [1.54, 1.807) is 99.8 Å². The van der Waals surface area contributed by atoms with Crippen LogP contribution in [0.15, 0.2) is 153 Å². The van der Waals surface area contributed by atoms with Gasteiger partial charge in [0.1, 0.15) is 16.7 Å². The van der Waals surface area contributed by atoms with Crippen molar-refractivity contribution in [2.45, 2.75) is 154 Å². The summed E-state index contributed by atoms with van der Waals surface area (Å²) in [6.45, 7) is 21.2. The highest BCUT2D eigenvalue weighted by molar-refractivity contribution is 7.89. The standard InChI is InChI=1S/3C27H29N3O4S2.C3H7NO/c3*1-17-14-22-19(3)25(34-24(22)15-18(17)2)26(31)29-27-28-23(16-35-27)20-8-10-21(11-9-20)36(32,33)30-12-6-4-5-7-13-30;1-4(2)3-5/h3*8-11,14-16H,4-7,12-13H2,1-3H3,(H,28,29,31);3H,1-2H3. The summed E-state index contributed by atoms with van der Waals surface area (Å²) in [6, 6.07) is 32.4. The highest BCUT2D eigenvalue weighted by atomic mass is 32.2. The zero-order chi connectivity index (χ0) is 80.6. The predicted molar refractivity (Wildman–Crippen MR) is 449 cm³/mol. The van der Waals surface area contributed by atoms with Crippen molar-refractivity contribution in [2.75, 3.05) is 69.3 Å². The van der Waals surface area contributed by atoms with Gasteiger partial charge in [-0.3, -0.25) is 35.1 Å². The van der Waals surface area contributed by atoms with Gasteiger partial charge >= 0.3 is 0 Å². The summed E-state index contributed by atoms with van der Waals surface area (Å²) in [5, 5.41) is 18.2. The zero-order valence-electron chi connectivity index (χ0n) is 65.3. The molecule has 6 aromatic heterocycles. The third kappa shape index (κ3) is 19.1. The highest BCUT2D eigenvalue weighted by Gasteiger charge is 2.30. The number of nitrogens with one attached hydrogen (secondary N) is 3. The normalized spacial score (nSPS) is 14.8. The van der Waals surface area contributed by atoms with E-state index >= 15 is 0 Å². The lowest BCUT2D eigenvalue weighted by Gasteiger charge is -2.19. The van der Waals surface area contributed by atoms with Crippen molar-refractivity contribution in [1.82, 2.24) is 32.8 Å². The molecule has 0 bridgehead atoms. The van der Waals surface area contributed by atoms with Crippen LogP contribution in [0.2, 0.25) is 0 Å². The lowest BCUT2D eigenvalue weighted by Crippen LogP contribution is -2.31. The molecule has 4 amide bonds. The number of aryl methyl sites for hydroxylation is 9. The first-order chi connectivity index (χ1) is 54.0. The van der Waals surface area contributed by atoms with Crippen LogP contribution in [-0.2, 0) is 34.9 Å². The summed E-state index contributed by atoms with van der Waals surface area (Å²) in [5.74, 6) is -0.226. The fourth-order valence-corrected chi connectivity index (χ4v) is 20.3. The van der Waals surface area contributed by atoms with E-state index in [1.165, 1.54) is 38.9 Å². The second kappa shape index (κ2) is 35.9. The van der Waals surface area contributed by atoms with Crippen LogP contribution in [-0.4, -0.2) is 136 Å². The number of thiazole rings is 3. The Morgan fingerprint density at radius 2 is 0.593 bits per heavy atom. The fourth-order valence-electron chi connectivity index (χ4n) is 13.6. The van der Waals surface area contributed by atoms with Gasteiger partial charge in [-0.25, -0.2) is 40.2 Å². The molecule has 113 heavy (non-hydrogen) atoms. The van der Waals surface area contributed by atoms with Crippen molar-refractivity contribution in [2.24, 2.45) is 0 Å². The second-order valence-corrected chi connectivity index (χ2v) is 37.4. The third-order valence-corrected chi connectivity index (χ3v) is 28.7. The molecule has 3 fully saturated rings. The molecule has 29 heteroatoms. The zero-order valence-corrected chi connectivity index (χ0v) is 70.2. The number of furan rings is 3. The van der Waals surface area contributed by atoms with Gasteiger partial charge in [0.25, 0.3) is 17.7 Å². The molecule has 0 unspecified atom stereocenters. The minimum atomic E-state index is -3.50. The number of anilines is 3. The Morgan fingerprint density at radius 1 is 0.372 bits per heavy atom. The Kier molecular flexibility index (Phi) is 26.3.